The largest absolute Gasteiger partial charge is 0.433 e. The number of benzene rings is 1. The number of nitrogens with zero attached hydrogens (tertiary/aromatic N) is 2. The smallest absolute Gasteiger partial charge is 0.293 e. The summed E-state index contributed by atoms with van der Waals surface area (Å²) >= 11 is 0.895. The zero-order chi connectivity index (χ0) is 16.3. The van der Waals surface area contributed by atoms with Gasteiger partial charge in [0.15, 0.2) is 10.9 Å². The molecule has 2 aromatic rings. The summed E-state index contributed by atoms with van der Waals surface area (Å²) in [5, 5.41) is -0.0621. The summed E-state index contributed by atoms with van der Waals surface area (Å²) < 4.78 is 37.7. The topological polar surface area (TPSA) is 42.9 Å². The first kappa shape index (κ1) is 16.5. The lowest BCUT2D eigenvalue weighted by Crippen LogP contribution is -2.10. The molecule has 0 atom stereocenters. The van der Waals surface area contributed by atoms with Crippen molar-refractivity contribution < 1.29 is 18.0 Å². The Hall–Kier alpha value is -1.89. The molecule has 0 aliphatic carbocycles. The van der Waals surface area contributed by atoms with Crippen LogP contribution < -0.4 is 0 Å². The Bertz CT molecular complexity index is 701. The molecule has 0 radical (unpaired) electrons. The Labute approximate surface area is 130 Å². The van der Waals surface area contributed by atoms with Crippen LogP contribution in [0.25, 0.3) is 0 Å². The van der Waals surface area contributed by atoms with Crippen LogP contribution in [0, 0.1) is 13.8 Å². The number of aryl methyl sites for hydroxylation is 2. The van der Waals surface area contributed by atoms with Gasteiger partial charge in [-0.05, 0) is 25.5 Å². The molecule has 0 N–H and O–H groups in total. The zero-order valence-corrected chi connectivity index (χ0v) is 12.8. The lowest BCUT2D eigenvalue weighted by Gasteiger charge is -2.07. The Morgan fingerprint density at radius 3 is 2.59 bits per heavy atom. The maximum atomic E-state index is 12.6. The van der Waals surface area contributed by atoms with Crippen LogP contribution in [0.2, 0.25) is 0 Å². The summed E-state index contributed by atoms with van der Waals surface area (Å²) in [6, 6.07) is 6.24. The number of rotatable bonds is 4. The Morgan fingerprint density at radius 2 is 1.95 bits per heavy atom. The Balaban J connectivity index is 2.08. The fourth-order valence-electron chi connectivity index (χ4n) is 1.90. The maximum absolute atomic E-state index is 12.6. The van der Waals surface area contributed by atoms with Crippen molar-refractivity contribution in [2.24, 2.45) is 0 Å². The first-order valence-electron chi connectivity index (χ1n) is 6.41. The summed E-state index contributed by atoms with van der Waals surface area (Å²) in [7, 11) is 0. The van der Waals surface area contributed by atoms with Gasteiger partial charge < -0.3 is 0 Å². The summed E-state index contributed by atoms with van der Waals surface area (Å²) in [5.41, 5.74) is 1.44. The van der Waals surface area contributed by atoms with Crippen molar-refractivity contribution in [1.82, 2.24) is 9.97 Å². The van der Waals surface area contributed by atoms with Gasteiger partial charge in [0.05, 0.1) is 5.75 Å². The Morgan fingerprint density at radius 1 is 1.23 bits per heavy atom. The molecule has 0 aliphatic heterocycles. The monoisotopic (exact) mass is 326 g/mol. The standard InChI is InChI=1S/C15H13F3N2OS/c1-9-3-4-11(10(2)7-9)12(21)8-22-14-19-6-5-13(20-14)15(16,17)18/h3-7H,8H2,1-2H3. The van der Waals surface area contributed by atoms with Crippen molar-refractivity contribution in [1.29, 1.82) is 0 Å². The molecule has 1 aromatic heterocycles. The van der Waals surface area contributed by atoms with E-state index in [-0.39, 0.29) is 16.7 Å². The second-order valence-electron chi connectivity index (χ2n) is 4.75. The molecule has 116 valence electrons. The van der Waals surface area contributed by atoms with Crippen molar-refractivity contribution in [3.8, 4) is 0 Å². The molecule has 0 saturated carbocycles. The van der Waals surface area contributed by atoms with E-state index in [0.717, 1.165) is 35.2 Å². The molecule has 0 fully saturated rings. The van der Waals surface area contributed by atoms with Crippen LogP contribution in [0.4, 0.5) is 13.2 Å². The number of thioether (sulfide) groups is 1. The van der Waals surface area contributed by atoms with E-state index in [0.29, 0.717) is 5.56 Å². The average molecular weight is 326 g/mol. The summed E-state index contributed by atoms with van der Waals surface area (Å²) in [5.74, 6) is -0.172. The lowest BCUT2D eigenvalue weighted by molar-refractivity contribution is -0.141. The van der Waals surface area contributed by atoms with Crippen LogP contribution in [-0.2, 0) is 6.18 Å². The van der Waals surface area contributed by atoms with Crippen LogP contribution in [0.3, 0.4) is 0 Å². The molecule has 3 nitrogen and oxygen atoms in total. The van der Waals surface area contributed by atoms with Crippen molar-refractivity contribution >= 4 is 17.5 Å². The van der Waals surface area contributed by atoms with Gasteiger partial charge in [-0.15, -0.1) is 0 Å². The Kier molecular flexibility index (Phi) is 4.85. The van der Waals surface area contributed by atoms with Crippen molar-refractivity contribution in [2.45, 2.75) is 25.2 Å². The number of ketones is 1. The quantitative estimate of drug-likeness (QED) is 0.482. The molecule has 1 heterocycles. The highest BCUT2D eigenvalue weighted by Gasteiger charge is 2.32. The number of hydrogen-bond donors (Lipinski definition) is 0. The second kappa shape index (κ2) is 6.48. The molecule has 0 saturated heterocycles. The number of alkyl halides is 3. The van der Waals surface area contributed by atoms with Gasteiger partial charge in [-0.2, -0.15) is 13.2 Å². The highest BCUT2D eigenvalue weighted by Crippen LogP contribution is 2.28. The van der Waals surface area contributed by atoms with Crippen molar-refractivity contribution in [2.75, 3.05) is 5.75 Å². The molecule has 22 heavy (non-hydrogen) atoms. The molecule has 0 aliphatic rings. The SMILES string of the molecule is Cc1ccc(C(=O)CSc2nccc(C(F)(F)F)n2)c(C)c1. The number of halogens is 3. The molecule has 0 bridgehead atoms. The van der Waals surface area contributed by atoms with Crippen LogP contribution in [0.15, 0.2) is 35.6 Å². The van der Waals surface area contributed by atoms with Gasteiger partial charge >= 0.3 is 6.18 Å². The van der Waals surface area contributed by atoms with Crippen LogP contribution in [-0.4, -0.2) is 21.5 Å². The third-order valence-electron chi connectivity index (χ3n) is 2.94. The van der Waals surface area contributed by atoms with Gasteiger partial charge in [0.25, 0.3) is 0 Å². The molecular formula is C15H13F3N2OS. The zero-order valence-electron chi connectivity index (χ0n) is 11.9. The summed E-state index contributed by atoms with van der Waals surface area (Å²) in [4.78, 5) is 19.3. The van der Waals surface area contributed by atoms with E-state index in [1.807, 2.05) is 26.0 Å². The minimum absolute atomic E-state index is 0.00872. The van der Waals surface area contributed by atoms with Crippen LogP contribution in [0.1, 0.15) is 27.2 Å². The first-order valence-corrected chi connectivity index (χ1v) is 7.39. The second-order valence-corrected chi connectivity index (χ2v) is 5.69. The number of Topliss-reactive ketones (excluding diaryl/α,β-unsaturated/α-hetero) is 1. The molecule has 0 amide bonds. The molecule has 0 spiro atoms. The molecular weight excluding hydrogens is 313 g/mol. The highest BCUT2D eigenvalue weighted by atomic mass is 32.2. The molecule has 2 rings (SSSR count). The van der Waals surface area contributed by atoms with Gasteiger partial charge in [-0.1, -0.05) is 35.5 Å². The van der Waals surface area contributed by atoms with E-state index < -0.39 is 11.9 Å². The average Bonchev–Trinajstić information content (AvgIpc) is 2.44. The first-order chi connectivity index (χ1) is 10.3. The van der Waals surface area contributed by atoms with E-state index in [9.17, 15) is 18.0 Å². The number of aromatic nitrogens is 2. The summed E-state index contributed by atoms with van der Waals surface area (Å²) in [6.45, 7) is 3.75. The van der Waals surface area contributed by atoms with Gasteiger partial charge in [0.2, 0.25) is 0 Å². The van der Waals surface area contributed by atoms with Crippen LogP contribution in [0.5, 0.6) is 0 Å². The maximum Gasteiger partial charge on any atom is 0.433 e. The lowest BCUT2D eigenvalue weighted by atomic mass is 10.0. The van der Waals surface area contributed by atoms with E-state index in [1.54, 1.807) is 6.07 Å². The van der Waals surface area contributed by atoms with Gasteiger partial charge in [0.1, 0.15) is 5.69 Å². The molecule has 1 aromatic carbocycles. The fourth-order valence-corrected chi connectivity index (χ4v) is 2.62. The minimum Gasteiger partial charge on any atom is -0.293 e. The molecule has 7 heteroatoms. The van der Waals surface area contributed by atoms with Gasteiger partial charge in [-0.25, -0.2) is 9.97 Å². The van der Waals surface area contributed by atoms with Crippen LogP contribution >= 0.6 is 11.8 Å². The van der Waals surface area contributed by atoms with Crippen molar-refractivity contribution in [3.05, 3.63) is 52.8 Å². The number of hydrogen-bond acceptors (Lipinski definition) is 4. The third-order valence-corrected chi connectivity index (χ3v) is 3.80. The number of carbonyl (C=O) groups excluding carboxylic acids is 1. The minimum atomic E-state index is -4.52. The number of carbonyl (C=O) groups is 1. The van der Waals surface area contributed by atoms with E-state index in [4.69, 9.17) is 0 Å². The van der Waals surface area contributed by atoms with E-state index >= 15 is 0 Å². The fraction of sp³-hybridized carbons (Fsp3) is 0.267. The highest BCUT2D eigenvalue weighted by molar-refractivity contribution is 7.99. The van der Waals surface area contributed by atoms with Crippen molar-refractivity contribution in [3.63, 3.8) is 0 Å². The van der Waals surface area contributed by atoms with Gasteiger partial charge in [0, 0.05) is 11.8 Å². The van der Waals surface area contributed by atoms with E-state index in [1.165, 1.54) is 0 Å². The van der Waals surface area contributed by atoms with Gasteiger partial charge in [-0.3, -0.25) is 4.79 Å². The normalized spacial score (nSPS) is 11.5. The third kappa shape index (κ3) is 4.07. The predicted octanol–water partition coefficient (Wildman–Crippen LogP) is 4.09. The predicted molar refractivity (Wildman–Crippen MR) is 78.0 cm³/mol. The summed E-state index contributed by atoms with van der Waals surface area (Å²) in [6.07, 6.45) is -3.48. The molecule has 0 unspecified atom stereocenters. The van der Waals surface area contributed by atoms with E-state index in [2.05, 4.69) is 9.97 Å².